The second-order valence-electron chi connectivity index (χ2n) is 7.37. The highest BCUT2D eigenvalue weighted by molar-refractivity contribution is 8.04. The zero-order chi connectivity index (χ0) is 21.3. The van der Waals surface area contributed by atoms with E-state index < -0.39 is 0 Å². The van der Waals surface area contributed by atoms with Crippen LogP contribution in [0, 0.1) is 0 Å². The van der Waals surface area contributed by atoms with Crippen molar-refractivity contribution in [2.24, 2.45) is 0 Å². The fourth-order valence-corrected chi connectivity index (χ4v) is 5.36. The normalized spacial score (nSPS) is 19.6. The molecular weight excluding hydrogens is 461 g/mol. The van der Waals surface area contributed by atoms with Crippen molar-refractivity contribution in [2.75, 3.05) is 55.3 Å². The molecule has 8 heteroatoms. The number of benzene rings is 2. The van der Waals surface area contributed by atoms with Crippen LogP contribution in [0.15, 0.2) is 41.3 Å². The fraction of sp³-hybridized carbons (Fsp3) is 0.318. The Morgan fingerprint density at radius 3 is 2.43 bits per heavy atom. The number of carbonyl (C=O) groups excluding carboxylic acids is 1. The minimum atomic E-state index is -0.0697. The van der Waals surface area contributed by atoms with Gasteiger partial charge >= 0.3 is 0 Å². The molecule has 0 saturated carbocycles. The van der Waals surface area contributed by atoms with Crippen LogP contribution in [0.4, 0.5) is 11.4 Å². The lowest BCUT2D eigenvalue weighted by atomic mass is 10.1. The van der Waals surface area contributed by atoms with Crippen LogP contribution in [0.3, 0.4) is 0 Å². The summed E-state index contributed by atoms with van der Waals surface area (Å²) in [5.74, 6) is 0.713. The molecule has 0 bridgehead atoms. The minimum absolute atomic E-state index is 0.0697. The molecule has 0 aromatic heterocycles. The highest BCUT2D eigenvalue weighted by Gasteiger charge is 2.28. The number of anilines is 2. The number of rotatable bonds is 3. The lowest BCUT2D eigenvalue weighted by Crippen LogP contribution is -2.44. The predicted octanol–water partition coefficient (Wildman–Crippen LogP) is 5.52. The van der Waals surface area contributed by atoms with Crippen LogP contribution in [-0.4, -0.2) is 56.3 Å². The van der Waals surface area contributed by atoms with Gasteiger partial charge in [0, 0.05) is 59.8 Å². The molecule has 2 aliphatic rings. The maximum absolute atomic E-state index is 13.3. The average Bonchev–Trinajstić information content (AvgIpc) is 2.72. The maximum atomic E-state index is 13.3. The Balaban J connectivity index is 1.67. The third-order valence-electron chi connectivity index (χ3n) is 5.38. The van der Waals surface area contributed by atoms with Gasteiger partial charge in [0.2, 0.25) is 0 Å². The summed E-state index contributed by atoms with van der Waals surface area (Å²) in [5.41, 5.74) is 2.64. The highest BCUT2D eigenvalue weighted by Crippen LogP contribution is 2.37. The van der Waals surface area contributed by atoms with E-state index in [1.807, 2.05) is 18.2 Å². The SMILES string of the molecule is CN1CCN(c2cccc(Cl)c2/C=C2\SCCN(c3ccc(Cl)cc3Cl)C2=O)CC1. The molecule has 0 unspecified atom stereocenters. The Labute approximate surface area is 196 Å². The van der Waals surface area contributed by atoms with Crippen molar-refractivity contribution in [1.29, 1.82) is 0 Å². The van der Waals surface area contributed by atoms with Crippen LogP contribution in [0.2, 0.25) is 15.1 Å². The molecule has 4 rings (SSSR count). The lowest BCUT2D eigenvalue weighted by molar-refractivity contribution is -0.114. The number of amides is 1. The van der Waals surface area contributed by atoms with E-state index >= 15 is 0 Å². The number of piperazine rings is 1. The molecule has 0 spiro atoms. The fourth-order valence-electron chi connectivity index (χ4n) is 3.70. The molecule has 30 heavy (non-hydrogen) atoms. The van der Waals surface area contributed by atoms with Gasteiger partial charge in [0.15, 0.2) is 0 Å². The van der Waals surface area contributed by atoms with E-state index in [1.165, 1.54) is 0 Å². The molecule has 2 aliphatic heterocycles. The minimum Gasteiger partial charge on any atom is -0.368 e. The Hall–Kier alpha value is -1.37. The van der Waals surface area contributed by atoms with E-state index in [4.69, 9.17) is 34.8 Å². The smallest absolute Gasteiger partial charge is 0.264 e. The molecule has 0 aliphatic carbocycles. The van der Waals surface area contributed by atoms with Crippen molar-refractivity contribution in [3.63, 3.8) is 0 Å². The van der Waals surface area contributed by atoms with Gasteiger partial charge in [-0.1, -0.05) is 40.9 Å². The summed E-state index contributed by atoms with van der Waals surface area (Å²) in [6.07, 6.45) is 1.93. The van der Waals surface area contributed by atoms with Crippen molar-refractivity contribution >= 4 is 69.9 Å². The van der Waals surface area contributed by atoms with Gasteiger partial charge in [0.05, 0.1) is 15.6 Å². The summed E-state index contributed by atoms with van der Waals surface area (Å²) in [6.45, 7) is 4.45. The van der Waals surface area contributed by atoms with Gasteiger partial charge in [-0.15, -0.1) is 11.8 Å². The van der Waals surface area contributed by atoms with Gasteiger partial charge in [-0.05, 0) is 43.5 Å². The Bertz CT molecular complexity index is 990. The summed E-state index contributed by atoms with van der Waals surface area (Å²) in [6, 6.07) is 11.1. The van der Waals surface area contributed by atoms with Crippen molar-refractivity contribution in [3.05, 3.63) is 61.9 Å². The first-order valence-electron chi connectivity index (χ1n) is 9.77. The topological polar surface area (TPSA) is 26.8 Å². The summed E-state index contributed by atoms with van der Waals surface area (Å²) in [5, 5.41) is 1.66. The van der Waals surface area contributed by atoms with E-state index in [1.54, 1.807) is 34.9 Å². The quantitative estimate of drug-likeness (QED) is 0.538. The van der Waals surface area contributed by atoms with Crippen LogP contribution >= 0.6 is 46.6 Å². The molecule has 2 heterocycles. The van der Waals surface area contributed by atoms with E-state index in [2.05, 4.69) is 22.9 Å². The first-order valence-corrected chi connectivity index (χ1v) is 11.9. The predicted molar refractivity (Wildman–Crippen MR) is 130 cm³/mol. The molecule has 2 saturated heterocycles. The third kappa shape index (κ3) is 4.61. The molecule has 0 N–H and O–H groups in total. The first kappa shape index (κ1) is 21.8. The zero-order valence-corrected chi connectivity index (χ0v) is 19.7. The van der Waals surface area contributed by atoms with Crippen LogP contribution in [-0.2, 0) is 4.79 Å². The van der Waals surface area contributed by atoms with Gasteiger partial charge in [-0.3, -0.25) is 4.79 Å². The van der Waals surface area contributed by atoms with Crippen LogP contribution in [0.1, 0.15) is 5.56 Å². The van der Waals surface area contributed by atoms with Crippen LogP contribution < -0.4 is 9.80 Å². The van der Waals surface area contributed by atoms with Crippen molar-refractivity contribution in [3.8, 4) is 0 Å². The molecule has 4 nitrogen and oxygen atoms in total. The van der Waals surface area contributed by atoms with Crippen molar-refractivity contribution < 1.29 is 4.79 Å². The average molecular weight is 483 g/mol. The van der Waals surface area contributed by atoms with Crippen LogP contribution in [0.5, 0.6) is 0 Å². The molecule has 2 fully saturated rings. The second kappa shape index (κ2) is 9.41. The maximum Gasteiger partial charge on any atom is 0.264 e. The molecule has 1 amide bonds. The molecule has 2 aromatic carbocycles. The zero-order valence-electron chi connectivity index (χ0n) is 16.6. The molecular formula is C22H22Cl3N3OS. The summed E-state index contributed by atoms with van der Waals surface area (Å²) >= 11 is 20.5. The number of likely N-dealkylation sites (N-methyl/N-ethyl adjacent to an activating group) is 1. The van der Waals surface area contributed by atoms with Gasteiger partial charge in [0.25, 0.3) is 5.91 Å². The van der Waals surface area contributed by atoms with Crippen molar-refractivity contribution in [1.82, 2.24) is 4.90 Å². The largest absolute Gasteiger partial charge is 0.368 e. The number of thioether (sulfide) groups is 1. The van der Waals surface area contributed by atoms with E-state index in [0.29, 0.717) is 32.2 Å². The Morgan fingerprint density at radius 2 is 1.70 bits per heavy atom. The lowest BCUT2D eigenvalue weighted by Gasteiger charge is -2.35. The molecule has 0 radical (unpaired) electrons. The number of carbonyl (C=O) groups is 1. The standard InChI is InChI=1S/C22H22Cl3N3OS/c1-26-7-9-27(10-8-26)19-4-2-3-17(24)16(19)14-21-22(29)28(11-12-30-21)20-6-5-15(23)13-18(20)25/h2-6,13-14H,7-12H2,1H3/b21-14-. The van der Waals surface area contributed by atoms with Gasteiger partial charge < -0.3 is 14.7 Å². The molecule has 0 atom stereocenters. The number of hydrogen-bond donors (Lipinski definition) is 0. The summed E-state index contributed by atoms with van der Waals surface area (Å²) in [7, 11) is 2.13. The summed E-state index contributed by atoms with van der Waals surface area (Å²) in [4.78, 5) is 20.3. The highest BCUT2D eigenvalue weighted by atomic mass is 35.5. The Morgan fingerprint density at radius 1 is 0.933 bits per heavy atom. The van der Waals surface area contributed by atoms with E-state index in [9.17, 15) is 4.79 Å². The molecule has 158 valence electrons. The second-order valence-corrected chi connectivity index (χ2v) is 9.76. The monoisotopic (exact) mass is 481 g/mol. The van der Waals surface area contributed by atoms with E-state index in [-0.39, 0.29) is 5.91 Å². The van der Waals surface area contributed by atoms with E-state index in [0.717, 1.165) is 43.2 Å². The van der Waals surface area contributed by atoms with Crippen LogP contribution in [0.25, 0.3) is 6.08 Å². The van der Waals surface area contributed by atoms with Gasteiger partial charge in [-0.25, -0.2) is 0 Å². The van der Waals surface area contributed by atoms with Gasteiger partial charge in [0.1, 0.15) is 0 Å². The first-order chi connectivity index (χ1) is 14.4. The number of halogens is 3. The molecule has 2 aromatic rings. The third-order valence-corrected chi connectivity index (χ3v) is 7.24. The Kier molecular flexibility index (Phi) is 6.85. The van der Waals surface area contributed by atoms with Gasteiger partial charge in [-0.2, -0.15) is 0 Å². The number of nitrogens with zero attached hydrogens (tertiary/aromatic N) is 3. The number of hydrogen-bond acceptors (Lipinski definition) is 4. The summed E-state index contributed by atoms with van der Waals surface area (Å²) < 4.78 is 0. The van der Waals surface area contributed by atoms with Crippen molar-refractivity contribution in [2.45, 2.75) is 0 Å².